The number of hydrogen-bond donors (Lipinski definition) is 1. The molecule has 1 aromatic heterocycles. The average molecular weight is 466 g/mol. The van der Waals surface area contributed by atoms with Gasteiger partial charge in [0.25, 0.3) is 0 Å². The van der Waals surface area contributed by atoms with Crippen molar-refractivity contribution in [1.82, 2.24) is 4.98 Å². The summed E-state index contributed by atoms with van der Waals surface area (Å²) in [6, 6.07) is 15.5. The lowest BCUT2D eigenvalue weighted by Crippen LogP contribution is -2.28. The highest BCUT2D eigenvalue weighted by molar-refractivity contribution is 5.99. The van der Waals surface area contributed by atoms with E-state index in [2.05, 4.69) is 4.98 Å². The highest BCUT2D eigenvalue weighted by Crippen LogP contribution is 2.33. The third kappa shape index (κ3) is 5.60. The van der Waals surface area contributed by atoms with Gasteiger partial charge in [0, 0.05) is 24.6 Å². The monoisotopic (exact) mass is 465 g/mol. The number of halogens is 1. The molecule has 2 aromatic carbocycles. The zero-order chi connectivity index (χ0) is 24.8. The Balaban J connectivity index is 1.78. The number of aryl methyl sites for hydroxylation is 1. The number of pyridine rings is 1. The van der Waals surface area contributed by atoms with E-state index in [9.17, 15) is 19.1 Å². The molecule has 3 rings (SSSR count). The predicted molar refractivity (Wildman–Crippen MR) is 126 cm³/mol. The van der Waals surface area contributed by atoms with Crippen LogP contribution in [-0.4, -0.2) is 35.1 Å². The fourth-order valence-corrected chi connectivity index (χ4v) is 3.98. The predicted octanol–water partition coefficient (Wildman–Crippen LogP) is 5.22. The Labute approximate surface area is 198 Å². The number of hydrogen-bond acceptors (Lipinski definition) is 6. The van der Waals surface area contributed by atoms with E-state index >= 15 is 0 Å². The van der Waals surface area contributed by atoms with Gasteiger partial charge < -0.3 is 14.6 Å². The van der Waals surface area contributed by atoms with Gasteiger partial charge in [-0.15, -0.1) is 0 Å². The van der Waals surface area contributed by atoms with Gasteiger partial charge in [0.15, 0.2) is 23.0 Å². The molecule has 0 saturated heterocycles. The van der Waals surface area contributed by atoms with Crippen LogP contribution in [0.5, 0.6) is 11.5 Å². The van der Waals surface area contributed by atoms with Crippen LogP contribution in [0.4, 0.5) is 4.39 Å². The minimum absolute atomic E-state index is 0.127. The first-order chi connectivity index (χ1) is 16.2. The zero-order valence-electron chi connectivity index (χ0n) is 19.6. The van der Waals surface area contributed by atoms with Gasteiger partial charge in [0.05, 0.1) is 13.0 Å². The molecule has 0 bridgehead atoms. The van der Waals surface area contributed by atoms with E-state index in [1.807, 2.05) is 37.3 Å². The first kappa shape index (κ1) is 24.9. The van der Waals surface area contributed by atoms with Crippen molar-refractivity contribution in [2.75, 3.05) is 7.11 Å². The summed E-state index contributed by atoms with van der Waals surface area (Å²) in [5.74, 6) is -2.71. The van der Waals surface area contributed by atoms with Gasteiger partial charge in [-0.2, -0.15) is 0 Å². The van der Waals surface area contributed by atoms with Crippen LogP contribution in [0.2, 0.25) is 0 Å². The molecule has 0 radical (unpaired) electrons. The van der Waals surface area contributed by atoms with Crippen LogP contribution < -0.4 is 4.74 Å². The van der Waals surface area contributed by atoms with Crippen LogP contribution in [0.3, 0.4) is 0 Å². The maximum absolute atomic E-state index is 13.7. The summed E-state index contributed by atoms with van der Waals surface area (Å²) < 4.78 is 24.5. The second-order valence-corrected chi connectivity index (χ2v) is 8.27. The lowest BCUT2D eigenvalue weighted by molar-refractivity contribution is -0.153. The summed E-state index contributed by atoms with van der Waals surface area (Å²) in [6.07, 6.45) is 0.581. The quantitative estimate of drug-likeness (QED) is 0.345. The Morgan fingerprint density at radius 2 is 1.79 bits per heavy atom. The Kier molecular flexibility index (Phi) is 7.99. The van der Waals surface area contributed by atoms with Gasteiger partial charge >= 0.3 is 5.97 Å². The number of Topliss-reactive ketones (excluding diaryl/α,β-unsaturated/α-hetero) is 1. The molecule has 0 aliphatic carbocycles. The largest absolute Gasteiger partial charge is 0.503 e. The van der Waals surface area contributed by atoms with Crippen molar-refractivity contribution in [3.05, 3.63) is 89.0 Å². The lowest BCUT2D eigenvalue weighted by Gasteiger charge is -2.27. The zero-order valence-corrected chi connectivity index (χ0v) is 19.6. The van der Waals surface area contributed by atoms with Crippen molar-refractivity contribution in [2.45, 2.75) is 39.2 Å². The molecule has 0 aliphatic heterocycles. The summed E-state index contributed by atoms with van der Waals surface area (Å²) in [5, 5.41) is 10.2. The number of nitrogens with zero attached hydrogens (tertiary/aromatic N) is 1. The number of carbonyl (C=O) groups is 2. The van der Waals surface area contributed by atoms with Crippen LogP contribution in [0.15, 0.2) is 60.8 Å². The molecule has 0 aliphatic rings. The third-order valence-electron chi connectivity index (χ3n) is 5.76. The highest BCUT2D eigenvalue weighted by atomic mass is 19.1. The number of carbonyl (C=O) groups excluding carboxylic acids is 2. The van der Waals surface area contributed by atoms with Crippen LogP contribution >= 0.6 is 0 Å². The molecule has 0 spiro atoms. The molecule has 0 fully saturated rings. The molecular formula is C27H28FNO5. The van der Waals surface area contributed by atoms with Crippen LogP contribution in [-0.2, 0) is 9.53 Å². The van der Waals surface area contributed by atoms with Crippen molar-refractivity contribution in [3.8, 4) is 11.5 Å². The van der Waals surface area contributed by atoms with Crippen molar-refractivity contribution >= 4 is 11.8 Å². The van der Waals surface area contributed by atoms with Gasteiger partial charge in [0.2, 0.25) is 0 Å². The summed E-state index contributed by atoms with van der Waals surface area (Å²) in [6.45, 7) is 5.19. The molecule has 0 amide bonds. The fraction of sp³-hybridized carbons (Fsp3) is 0.296. The lowest BCUT2D eigenvalue weighted by atomic mass is 9.84. The van der Waals surface area contributed by atoms with E-state index < -0.39 is 23.8 Å². The van der Waals surface area contributed by atoms with Crippen LogP contribution in [0.25, 0.3) is 0 Å². The van der Waals surface area contributed by atoms with E-state index in [0.717, 1.165) is 16.7 Å². The van der Waals surface area contributed by atoms with Crippen molar-refractivity contribution in [1.29, 1.82) is 0 Å². The number of methoxy groups -OCH3 is 1. The first-order valence-electron chi connectivity index (χ1n) is 11.0. The summed E-state index contributed by atoms with van der Waals surface area (Å²) in [7, 11) is 1.37. The summed E-state index contributed by atoms with van der Waals surface area (Å²) >= 11 is 0. The molecule has 0 saturated carbocycles. The Hall–Kier alpha value is -3.74. The van der Waals surface area contributed by atoms with Gasteiger partial charge in [0.1, 0.15) is 11.9 Å². The average Bonchev–Trinajstić information content (AvgIpc) is 2.81. The smallest absolute Gasteiger partial charge is 0.309 e. The number of ether oxygens (including phenoxy) is 2. The first-order valence-corrected chi connectivity index (χ1v) is 11.0. The Morgan fingerprint density at radius 3 is 2.44 bits per heavy atom. The second-order valence-electron chi connectivity index (χ2n) is 8.27. The standard InChI is InChI=1S/C27H28FNO5/c1-16-14-20(28)10-11-21(16)24(19-8-6-5-7-9-19)18(3)34-27(32)17(2)15-22(30)25-26(31)23(33-4)12-13-29-25/h5-14,17-18,24,31H,15H2,1-4H3/t17-,18+,24-/m1/s1. The topological polar surface area (TPSA) is 85.7 Å². The molecule has 7 heteroatoms. The molecule has 6 nitrogen and oxygen atoms in total. The highest BCUT2D eigenvalue weighted by Gasteiger charge is 2.29. The summed E-state index contributed by atoms with van der Waals surface area (Å²) in [4.78, 5) is 29.5. The second kappa shape index (κ2) is 10.9. The van der Waals surface area contributed by atoms with E-state index in [4.69, 9.17) is 9.47 Å². The number of aromatic nitrogens is 1. The fourth-order valence-electron chi connectivity index (χ4n) is 3.98. The number of rotatable bonds is 9. The normalized spacial score (nSPS) is 13.6. The van der Waals surface area contributed by atoms with Gasteiger partial charge in [-0.25, -0.2) is 9.37 Å². The number of ketones is 1. The number of benzene rings is 2. The van der Waals surface area contributed by atoms with Gasteiger partial charge in [-0.05, 0) is 42.7 Å². The molecule has 3 aromatic rings. The van der Waals surface area contributed by atoms with Crippen molar-refractivity contribution in [2.24, 2.45) is 5.92 Å². The third-order valence-corrected chi connectivity index (χ3v) is 5.76. The molecule has 34 heavy (non-hydrogen) atoms. The van der Waals surface area contributed by atoms with E-state index in [0.29, 0.717) is 0 Å². The van der Waals surface area contributed by atoms with Crippen molar-refractivity contribution < 1.29 is 28.6 Å². The molecule has 178 valence electrons. The minimum Gasteiger partial charge on any atom is -0.503 e. The number of esters is 1. The van der Waals surface area contributed by atoms with E-state index in [1.165, 1.54) is 31.5 Å². The molecular weight excluding hydrogens is 437 g/mol. The summed E-state index contributed by atoms with van der Waals surface area (Å²) in [5.41, 5.74) is 2.37. The van der Waals surface area contributed by atoms with Crippen molar-refractivity contribution in [3.63, 3.8) is 0 Å². The molecule has 1 heterocycles. The SMILES string of the molecule is COc1ccnc(C(=O)C[C@@H](C)C(=O)O[C@@H](C)[C@H](c2ccccc2)c2ccc(F)cc2C)c1O. The van der Waals surface area contributed by atoms with Gasteiger partial charge in [-0.1, -0.05) is 43.3 Å². The number of aromatic hydroxyl groups is 1. The van der Waals surface area contributed by atoms with Crippen LogP contribution in [0, 0.1) is 18.7 Å². The van der Waals surface area contributed by atoms with E-state index in [1.54, 1.807) is 19.9 Å². The van der Waals surface area contributed by atoms with Crippen LogP contribution in [0.1, 0.15) is 53.4 Å². The van der Waals surface area contributed by atoms with E-state index in [-0.39, 0.29) is 35.3 Å². The van der Waals surface area contributed by atoms with Gasteiger partial charge in [-0.3, -0.25) is 9.59 Å². The Bertz CT molecular complexity index is 1160. The Morgan fingerprint density at radius 1 is 1.09 bits per heavy atom. The minimum atomic E-state index is -0.770. The molecule has 3 atom stereocenters. The molecule has 0 unspecified atom stereocenters. The maximum Gasteiger partial charge on any atom is 0.309 e. The molecule has 1 N–H and O–H groups in total. The maximum atomic E-state index is 13.7.